The van der Waals surface area contributed by atoms with Crippen LogP contribution < -0.4 is 5.32 Å². The van der Waals surface area contributed by atoms with Crippen LogP contribution in [-0.4, -0.2) is 41.1 Å². The van der Waals surface area contributed by atoms with E-state index in [9.17, 15) is 14.7 Å². The van der Waals surface area contributed by atoms with Crippen molar-refractivity contribution in [1.82, 2.24) is 10.2 Å². The SMILES string of the molecule is CCCN(C(=O)NCC1(C(=O)O)CCCC1)C1CC1. The fourth-order valence-corrected chi connectivity index (χ4v) is 2.94. The summed E-state index contributed by atoms with van der Waals surface area (Å²) in [4.78, 5) is 25.4. The first-order valence-electron chi connectivity index (χ1n) is 7.37. The van der Waals surface area contributed by atoms with Gasteiger partial charge >= 0.3 is 12.0 Å². The number of nitrogens with one attached hydrogen (secondary N) is 1. The van der Waals surface area contributed by atoms with Crippen molar-refractivity contribution in [3.05, 3.63) is 0 Å². The van der Waals surface area contributed by atoms with Crippen LogP contribution in [0.3, 0.4) is 0 Å². The monoisotopic (exact) mass is 268 g/mol. The Morgan fingerprint density at radius 2 is 1.95 bits per heavy atom. The average molecular weight is 268 g/mol. The van der Waals surface area contributed by atoms with Gasteiger partial charge in [-0.05, 0) is 32.1 Å². The zero-order chi connectivity index (χ0) is 13.9. The van der Waals surface area contributed by atoms with E-state index in [1.807, 2.05) is 4.90 Å². The molecule has 0 heterocycles. The third-order valence-corrected chi connectivity index (χ3v) is 4.31. The van der Waals surface area contributed by atoms with Crippen molar-refractivity contribution < 1.29 is 14.7 Å². The van der Waals surface area contributed by atoms with E-state index >= 15 is 0 Å². The Balaban J connectivity index is 1.89. The number of carboxylic acid groups (broad SMARTS) is 1. The Morgan fingerprint density at radius 1 is 1.32 bits per heavy atom. The molecule has 0 aromatic rings. The molecule has 0 aliphatic heterocycles. The molecule has 2 aliphatic carbocycles. The highest BCUT2D eigenvalue weighted by atomic mass is 16.4. The summed E-state index contributed by atoms with van der Waals surface area (Å²) in [5.74, 6) is -0.765. The zero-order valence-corrected chi connectivity index (χ0v) is 11.7. The Labute approximate surface area is 114 Å². The molecule has 0 aromatic carbocycles. The second-order valence-corrected chi connectivity index (χ2v) is 5.88. The molecule has 0 bridgehead atoms. The molecule has 2 rings (SSSR count). The lowest BCUT2D eigenvalue weighted by atomic mass is 9.86. The number of carboxylic acids is 1. The number of hydrogen-bond acceptors (Lipinski definition) is 2. The van der Waals surface area contributed by atoms with Gasteiger partial charge in [0.05, 0.1) is 5.41 Å². The molecular weight excluding hydrogens is 244 g/mol. The third kappa shape index (κ3) is 3.19. The molecule has 5 nitrogen and oxygen atoms in total. The van der Waals surface area contributed by atoms with Crippen molar-refractivity contribution in [1.29, 1.82) is 0 Å². The highest BCUT2D eigenvalue weighted by Crippen LogP contribution is 2.38. The van der Waals surface area contributed by atoms with E-state index in [4.69, 9.17) is 0 Å². The van der Waals surface area contributed by atoms with E-state index < -0.39 is 11.4 Å². The second kappa shape index (κ2) is 5.80. The summed E-state index contributed by atoms with van der Waals surface area (Å²) in [6.45, 7) is 3.09. The number of hydrogen-bond donors (Lipinski definition) is 2. The fraction of sp³-hybridized carbons (Fsp3) is 0.857. The van der Waals surface area contributed by atoms with E-state index in [1.165, 1.54) is 0 Å². The smallest absolute Gasteiger partial charge is 0.317 e. The maximum Gasteiger partial charge on any atom is 0.317 e. The Kier molecular flexibility index (Phi) is 4.32. The number of rotatable bonds is 6. The number of carbonyl (C=O) groups excluding carboxylic acids is 1. The quantitative estimate of drug-likeness (QED) is 0.776. The molecule has 0 radical (unpaired) electrons. The lowest BCUT2D eigenvalue weighted by molar-refractivity contribution is -0.148. The molecule has 2 N–H and O–H groups in total. The number of amides is 2. The predicted molar refractivity (Wildman–Crippen MR) is 72.0 cm³/mol. The molecule has 5 heteroatoms. The molecular formula is C14H24N2O3. The highest BCUT2D eigenvalue weighted by molar-refractivity contribution is 5.78. The van der Waals surface area contributed by atoms with Gasteiger partial charge in [0.25, 0.3) is 0 Å². The van der Waals surface area contributed by atoms with Crippen LogP contribution in [0.15, 0.2) is 0 Å². The van der Waals surface area contributed by atoms with Gasteiger partial charge in [-0.2, -0.15) is 0 Å². The zero-order valence-electron chi connectivity index (χ0n) is 11.7. The fourth-order valence-electron chi connectivity index (χ4n) is 2.94. The van der Waals surface area contributed by atoms with E-state index in [1.54, 1.807) is 0 Å². The van der Waals surface area contributed by atoms with Gasteiger partial charge in [-0.15, -0.1) is 0 Å². The summed E-state index contributed by atoms with van der Waals surface area (Å²) in [5, 5.41) is 12.2. The summed E-state index contributed by atoms with van der Waals surface area (Å²) >= 11 is 0. The number of urea groups is 1. The van der Waals surface area contributed by atoms with Crippen LogP contribution >= 0.6 is 0 Å². The van der Waals surface area contributed by atoms with Crippen molar-refractivity contribution >= 4 is 12.0 Å². The van der Waals surface area contributed by atoms with Crippen molar-refractivity contribution in [3.8, 4) is 0 Å². The Hall–Kier alpha value is -1.26. The lowest BCUT2D eigenvalue weighted by Crippen LogP contribution is -2.47. The lowest BCUT2D eigenvalue weighted by Gasteiger charge is -2.27. The first-order chi connectivity index (χ1) is 9.09. The minimum absolute atomic E-state index is 0.0862. The predicted octanol–water partition coefficient (Wildman–Crippen LogP) is 2.22. The summed E-state index contributed by atoms with van der Waals surface area (Å²) in [6, 6.07) is 0.293. The molecule has 108 valence electrons. The average Bonchev–Trinajstić information content (AvgIpc) is 3.10. The van der Waals surface area contributed by atoms with Crippen LogP contribution in [0.5, 0.6) is 0 Å². The van der Waals surface area contributed by atoms with Gasteiger partial charge in [0, 0.05) is 19.1 Å². The van der Waals surface area contributed by atoms with Crippen molar-refractivity contribution in [2.24, 2.45) is 5.41 Å². The summed E-state index contributed by atoms with van der Waals surface area (Å²) in [6.07, 6.45) is 6.36. The van der Waals surface area contributed by atoms with Crippen LogP contribution in [0.25, 0.3) is 0 Å². The van der Waals surface area contributed by atoms with Crippen LogP contribution in [0, 0.1) is 5.41 Å². The first-order valence-corrected chi connectivity index (χ1v) is 7.37. The number of carbonyl (C=O) groups is 2. The van der Waals surface area contributed by atoms with Crippen molar-refractivity contribution in [3.63, 3.8) is 0 Å². The molecule has 0 atom stereocenters. The summed E-state index contributed by atoms with van der Waals surface area (Å²) in [7, 11) is 0. The summed E-state index contributed by atoms with van der Waals surface area (Å²) in [5.41, 5.74) is -0.725. The van der Waals surface area contributed by atoms with Gasteiger partial charge in [-0.25, -0.2) is 4.79 Å². The van der Waals surface area contributed by atoms with Gasteiger partial charge in [-0.1, -0.05) is 19.8 Å². The van der Waals surface area contributed by atoms with Crippen LogP contribution in [-0.2, 0) is 4.79 Å². The van der Waals surface area contributed by atoms with Gasteiger partial charge < -0.3 is 15.3 Å². The van der Waals surface area contributed by atoms with Crippen molar-refractivity contribution in [2.75, 3.05) is 13.1 Å². The molecule has 0 aromatic heterocycles. The summed E-state index contributed by atoms with van der Waals surface area (Å²) < 4.78 is 0. The van der Waals surface area contributed by atoms with Crippen LogP contribution in [0.1, 0.15) is 51.9 Å². The maximum absolute atomic E-state index is 12.2. The maximum atomic E-state index is 12.2. The largest absolute Gasteiger partial charge is 0.481 e. The van der Waals surface area contributed by atoms with E-state index in [0.717, 1.165) is 38.6 Å². The van der Waals surface area contributed by atoms with E-state index in [0.29, 0.717) is 18.9 Å². The molecule has 0 saturated heterocycles. The number of nitrogens with zero attached hydrogens (tertiary/aromatic N) is 1. The minimum atomic E-state index is -0.765. The molecule has 2 aliphatic rings. The molecule has 0 unspecified atom stereocenters. The van der Waals surface area contributed by atoms with E-state index in [-0.39, 0.29) is 12.6 Å². The van der Waals surface area contributed by atoms with Crippen molar-refractivity contribution in [2.45, 2.75) is 57.9 Å². The second-order valence-electron chi connectivity index (χ2n) is 5.88. The first kappa shape index (κ1) is 14.2. The van der Waals surface area contributed by atoms with Crippen LogP contribution in [0.2, 0.25) is 0 Å². The molecule has 19 heavy (non-hydrogen) atoms. The normalized spacial score (nSPS) is 21.1. The number of aliphatic carboxylic acids is 1. The third-order valence-electron chi connectivity index (χ3n) is 4.31. The molecule has 2 amide bonds. The van der Waals surface area contributed by atoms with Gasteiger partial charge in [-0.3, -0.25) is 4.79 Å². The van der Waals surface area contributed by atoms with E-state index in [2.05, 4.69) is 12.2 Å². The van der Waals surface area contributed by atoms with Crippen LogP contribution in [0.4, 0.5) is 4.79 Å². The minimum Gasteiger partial charge on any atom is -0.481 e. The van der Waals surface area contributed by atoms with Gasteiger partial charge in [0.2, 0.25) is 0 Å². The standard InChI is InChI=1S/C14H24N2O3/c1-2-9-16(11-5-6-11)13(19)15-10-14(12(17)18)7-3-4-8-14/h11H,2-10H2,1H3,(H,15,19)(H,17,18). The topological polar surface area (TPSA) is 69.6 Å². The Bertz CT molecular complexity index is 347. The van der Waals surface area contributed by atoms with Gasteiger partial charge in [0.15, 0.2) is 0 Å². The molecule has 2 fully saturated rings. The van der Waals surface area contributed by atoms with Gasteiger partial charge in [0.1, 0.15) is 0 Å². The molecule has 2 saturated carbocycles. The Morgan fingerprint density at radius 3 is 2.42 bits per heavy atom. The highest BCUT2D eigenvalue weighted by Gasteiger charge is 2.42. The molecule has 0 spiro atoms.